The number of rotatable bonds is 5. The molecule has 0 saturated heterocycles. The topological polar surface area (TPSA) is 29.4 Å². The summed E-state index contributed by atoms with van der Waals surface area (Å²) in [5.41, 5.74) is 4.47. The fourth-order valence-electron chi connectivity index (χ4n) is 1.66. The third-order valence-electron chi connectivity index (χ3n) is 2.83. The van der Waals surface area contributed by atoms with E-state index >= 15 is 0 Å². The number of allylic oxidation sites excluding steroid dienone is 6. The van der Waals surface area contributed by atoms with Gasteiger partial charge in [-0.2, -0.15) is 0 Å². The first-order chi connectivity index (χ1) is 8.08. The van der Waals surface area contributed by atoms with E-state index in [1.54, 1.807) is 0 Å². The highest BCUT2D eigenvalue weighted by Gasteiger charge is 2.10. The van der Waals surface area contributed by atoms with Gasteiger partial charge in [0.25, 0.3) is 0 Å². The van der Waals surface area contributed by atoms with E-state index in [1.165, 1.54) is 0 Å². The molecule has 0 amide bonds. The Morgan fingerprint density at radius 3 is 2.82 bits per heavy atom. The van der Waals surface area contributed by atoms with E-state index in [9.17, 15) is 4.79 Å². The molecule has 0 aliphatic heterocycles. The monoisotopic (exact) mass is 229 g/mol. The number of aliphatic imine (C=N–C) groups is 1. The van der Waals surface area contributed by atoms with Crippen molar-refractivity contribution in [2.45, 2.75) is 33.1 Å². The molecule has 0 spiro atoms. The van der Waals surface area contributed by atoms with Crippen LogP contribution in [0.25, 0.3) is 0 Å². The first-order valence-corrected chi connectivity index (χ1v) is 5.87. The smallest absolute Gasteiger partial charge is 0.149 e. The lowest BCUT2D eigenvalue weighted by Crippen LogP contribution is -2.03. The van der Waals surface area contributed by atoms with E-state index in [4.69, 9.17) is 0 Å². The van der Waals surface area contributed by atoms with Gasteiger partial charge in [-0.3, -0.25) is 9.79 Å². The summed E-state index contributed by atoms with van der Waals surface area (Å²) >= 11 is 0. The summed E-state index contributed by atoms with van der Waals surface area (Å²) in [6.07, 6.45) is 7.36. The summed E-state index contributed by atoms with van der Waals surface area (Å²) in [5.74, 6) is 0. The van der Waals surface area contributed by atoms with Crippen LogP contribution in [-0.4, -0.2) is 12.0 Å². The van der Waals surface area contributed by atoms with Crippen molar-refractivity contribution in [1.29, 1.82) is 0 Å². The number of carbonyl (C=O) groups is 1. The van der Waals surface area contributed by atoms with Gasteiger partial charge in [-0.05, 0) is 43.4 Å². The van der Waals surface area contributed by atoms with Crippen LogP contribution in [0.5, 0.6) is 0 Å². The fourth-order valence-corrected chi connectivity index (χ4v) is 1.66. The molecule has 0 aromatic rings. The van der Waals surface area contributed by atoms with Gasteiger partial charge in [0.05, 0.1) is 0 Å². The van der Waals surface area contributed by atoms with Crippen molar-refractivity contribution in [3.8, 4) is 0 Å². The van der Waals surface area contributed by atoms with Gasteiger partial charge >= 0.3 is 0 Å². The average Bonchev–Trinajstić information content (AvgIpc) is 2.37. The summed E-state index contributed by atoms with van der Waals surface area (Å²) in [6.45, 7) is 11.9. The van der Waals surface area contributed by atoms with Gasteiger partial charge in [-0.15, -0.1) is 0 Å². The summed E-state index contributed by atoms with van der Waals surface area (Å²) in [5, 5.41) is 0. The van der Waals surface area contributed by atoms with Crippen molar-refractivity contribution < 1.29 is 4.79 Å². The molecule has 2 nitrogen and oxygen atoms in total. The zero-order valence-electron chi connectivity index (χ0n) is 10.6. The molecule has 0 bridgehead atoms. The molecule has 0 heterocycles. The van der Waals surface area contributed by atoms with Crippen molar-refractivity contribution in [3.05, 3.63) is 47.7 Å². The normalized spacial score (nSPS) is 16.0. The van der Waals surface area contributed by atoms with Gasteiger partial charge in [0, 0.05) is 17.0 Å². The van der Waals surface area contributed by atoms with E-state index in [0.29, 0.717) is 0 Å². The molecular formula is C15H19NO. The first kappa shape index (κ1) is 13.4. The SMILES string of the molecule is C=C(CC)N=C(C)C(=C)C1=CC(C=O)=CCC1. The lowest BCUT2D eigenvalue weighted by Gasteiger charge is -2.14. The molecule has 0 radical (unpaired) electrons. The maximum Gasteiger partial charge on any atom is 0.149 e. The number of carbonyl (C=O) groups excluding carboxylic acids is 1. The standard InChI is InChI=1S/C15H19NO/c1-5-11(2)16-13(4)12(3)15-8-6-7-14(9-15)10-17/h7,9-10H,2-3,5-6,8H2,1,4H3. The fraction of sp³-hybridized carbons (Fsp3) is 0.333. The van der Waals surface area contributed by atoms with Crippen molar-refractivity contribution in [1.82, 2.24) is 0 Å². The van der Waals surface area contributed by atoms with Gasteiger partial charge in [0.1, 0.15) is 6.29 Å². The Labute approximate surface area is 103 Å². The van der Waals surface area contributed by atoms with Crippen LogP contribution >= 0.6 is 0 Å². The Morgan fingerprint density at radius 1 is 1.53 bits per heavy atom. The lowest BCUT2D eigenvalue weighted by molar-refractivity contribution is -0.104. The molecule has 1 aliphatic rings. The molecule has 1 aliphatic carbocycles. The molecule has 0 N–H and O–H groups in total. The summed E-state index contributed by atoms with van der Waals surface area (Å²) in [7, 11) is 0. The zero-order valence-corrected chi connectivity index (χ0v) is 10.6. The molecule has 0 unspecified atom stereocenters. The molecule has 0 aromatic carbocycles. The van der Waals surface area contributed by atoms with Gasteiger partial charge in [0.15, 0.2) is 0 Å². The molecule has 0 aromatic heterocycles. The number of aldehydes is 1. The molecule has 90 valence electrons. The minimum absolute atomic E-state index is 0.731. The summed E-state index contributed by atoms with van der Waals surface area (Å²) in [6, 6.07) is 0. The zero-order chi connectivity index (χ0) is 12.8. The number of nitrogens with zero attached hydrogens (tertiary/aromatic N) is 1. The molecule has 17 heavy (non-hydrogen) atoms. The number of hydrogen-bond donors (Lipinski definition) is 0. The van der Waals surface area contributed by atoms with Crippen LogP contribution in [-0.2, 0) is 4.79 Å². The Morgan fingerprint density at radius 2 is 2.24 bits per heavy atom. The Bertz CT molecular complexity index is 436. The maximum atomic E-state index is 10.7. The van der Waals surface area contributed by atoms with Crippen LogP contribution in [0.3, 0.4) is 0 Å². The molecule has 1 rings (SSSR count). The van der Waals surface area contributed by atoms with E-state index in [2.05, 4.69) is 18.2 Å². The van der Waals surface area contributed by atoms with Gasteiger partial charge < -0.3 is 0 Å². The predicted octanol–water partition coefficient (Wildman–Crippen LogP) is 3.77. The van der Waals surface area contributed by atoms with Crippen molar-refractivity contribution in [2.24, 2.45) is 4.99 Å². The second-order valence-corrected chi connectivity index (χ2v) is 4.13. The first-order valence-electron chi connectivity index (χ1n) is 5.87. The molecular weight excluding hydrogens is 210 g/mol. The Kier molecular flexibility index (Phi) is 4.83. The van der Waals surface area contributed by atoms with Crippen LogP contribution in [0.2, 0.25) is 0 Å². The third kappa shape index (κ3) is 3.66. The van der Waals surface area contributed by atoms with Crippen LogP contribution in [0, 0.1) is 0 Å². The van der Waals surface area contributed by atoms with E-state index in [1.807, 2.05) is 26.0 Å². The third-order valence-corrected chi connectivity index (χ3v) is 2.83. The summed E-state index contributed by atoms with van der Waals surface area (Å²) in [4.78, 5) is 15.1. The molecule has 0 fully saturated rings. The number of hydrogen-bond acceptors (Lipinski definition) is 2. The molecule has 0 atom stereocenters. The van der Waals surface area contributed by atoms with Crippen LogP contribution < -0.4 is 0 Å². The minimum atomic E-state index is 0.731. The second-order valence-electron chi connectivity index (χ2n) is 4.13. The van der Waals surface area contributed by atoms with Crippen LogP contribution in [0.4, 0.5) is 0 Å². The highest BCUT2D eigenvalue weighted by molar-refractivity contribution is 6.02. The Hall–Kier alpha value is -1.70. The van der Waals surface area contributed by atoms with E-state index in [0.717, 1.165) is 53.7 Å². The van der Waals surface area contributed by atoms with Gasteiger partial charge in [-0.25, -0.2) is 0 Å². The Balaban J connectivity index is 2.87. The van der Waals surface area contributed by atoms with Crippen molar-refractivity contribution >= 4 is 12.0 Å². The van der Waals surface area contributed by atoms with Crippen LogP contribution in [0.1, 0.15) is 33.1 Å². The highest BCUT2D eigenvalue weighted by Crippen LogP contribution is 2.23. The highest BCUT2D eigenvalue weighted by atomic mass is 16.1. The van der Waals surface area contributed by atoms with Crippen LogP contribution in [0.15, 0.2) is 52.7 Å². The van der Waals surface area contributed by atoms with Gasteiger partial charge in [0.2, 0.25) is 0 Å². The van der Waals surface area contributed by atoms with E-state index in [-0.39, 0.29) is 0 Å². The maximum absolute atomic E-state index is 10.7. The lowest BCUT2D eigenvalue weighted by atomic mass is 9.93. The van der Waals surface area contributed by atoms with Crippen molar-refractivity contribution in [2.75, 3.05) is 0 Å². The van der Waals surface area contributed by atoms with Gasteiger partial charge in [-0.1, -0.05) is 26.2 Å². The molecule has 0 saturated carbocycles. The minimum Gasteiger partial charge on any atom is -0.298 e. The average molecular weight is 229 g/mol. The largest absolute Gasteiger partial charge is 0.298 e. The molecule has 2 heteroatoms. The summed E-state index contributed by atoms with van der Waals surface area (Å²) < 4.78 is 0. The quantitative estimate of drug-likeness (QED) is 0.521. The predicted molar refractivity (Wildman–Crippen MR) is 73.1 cm³/mol. The van der Waals surface area contributed by atoms with E-state index < -0.39 is 0 Å². The van der Waals surface area contributed by atoms with Crippen molar-refractivity contribution in [3.63, 3.8) is 0 Å². The second kappa shape index (κ2) is 6.14.